The predicted molar refractivity (Wildman–Crippen MR) is 48.3 cm³/mol. The minimum atomic E-state index is -0.424. The van der Waals surface area contributed by atoms with Crippen molar-refractivity contribution in [3.05, 3.63) is 0 Å². The van der Waals surface area contributed by atoms with Crippen LogP contribution in [0.4, 0.5) is 0 Å². The molecule has 0 aromatic carbocycles. The van der Waals surface area contributed by atoms with Crippen molar-refractivity contribution in [2.75, 3.05) is 7.11 Å². The lowest BCUT2D eigenvalue weighted by atomic mass is 10.1. The van der Waals surface area contributed by atoms with E-state index in [1.165, 1.54) is 7.11 Å². The summed E-state index contributed by atoms with van der Waals surface area (Å²) in [5.74, 6) is -0.433. The second-order valence-electron chi connectivity index (χ2n) is 3.86. The number of rotatable bonds is 1. The summed E-state index contributed by atoms with van der Waals surface area (Å²) in [4.78, 5) is 24.6. The normalized spacial score (nSPS) is 36.0. The lowest BCUT2D eigenvalue weighted by Gasteiger charge is -2.21. The molecule has 2 rings (SSSR count). The van der Waals surface area contributed by atoms with E-state index in [-0.39, 0.29) is 17.9 Å². The van der Waals surface area contributed by atoms with Gasteiger partial charge in [0.2, 0.25) is 5.91 Å². The molecule has 0 bridgehead atoms. The van der Waals surface area contributed by atoms with E-state index in [4.69, 9.17) is 5.73 Å². The number of methoxy groups -OCH3 is 1. The maximum atomic E-state index is 11.6. The second kappa shape index (κ2) is 3.24. The van der Waals surface area contributed by atoms with Gasteiger partial charge in [0, 0.05) is 6.04 Å². The van der Waals surface area contributed by atoms with E-state index in [0.717, 1.165) is 6.42 Å². The number of carbonyl (C=O) groups excluding carboxylic acids is 2. The molecule has 2 N–H and O–H groups in total. The molecule has 0 aliphatic carbocycles. The van der Waals surface area contributed by atoms with Crippen LogP contribution in [0.5, 0.6) is 0 Å². The average Bonchev–Trinajstić information content (AvgIpc) is 2.68. The topological polar surface area (TPSA) is 72.6 Å². The number of hydrogen-bond donors (Lipinski definition) is 1. The molecule has 14 heavy (non-hydrogen) atoms. The van der Waals surface area contributed by atoms with E-state index >= 15 is 0 Å². The van der Waals surface area contributed by atoms with Crippen molar-refractivity contribution >= 4 is 11.9 Å². The third-order valence-electron chi connectivity index (χ3n) is 3.07. The van der Waals surface area contributed by atoms with Crippen molar-refractivity contribution in [2.24, 2.45) is 5.73 Å². The Kier molecular flexibility index (Phi) is 2.19. The molecule has 0 spiro atoms. The number of ether oxygens (including phenoxy) is 1. The van der Waals surface area contributed by atoms with Crippen molar-refractivity contribution in [3.63, 3.8) is 0 Å². The van der Waals surface area contributed by atoms with E-state index in [0.29, 0.717) is 12.8 Å². The molecule has 2 aliphatic heterocycles. The Labute approximate surface area is 82.2 Å². The van der Waals surface area contributed by atoms with Gasteiger partial charge in [0.15, 0.2) is 0 Å². The summed E-state index contributed by atoms with van der Waals surface area (Å²) in [6, 6.07) is -0.667. The number of fused-ring (bicyclic) bond motifs is 1. The summed E-state index contributed by atoms with van der Waals surface area (Å²) in [5.41, 5.74) is 5.63. The molecule has 1 amide bonds. The van der Waals surface area contributed by atoms with Gasteiger partial charge < -0.3 is 15.4 Å². The molecule has 0 saturated carbocycles. The summed E-state index contributed by atoms with van der Waals surface area (Å²) in [5, 5.41) is 0. The van der Waals surface area contributed by atoms with E-state index in [9.17, 15) is 9.59 Å². The third-order valence-corrected chi connectivity index (χ3v) is 3.07. The average molecular weight is 198 g/mol. The second-order valence-corrected chi connectivity index (χ2v) is 3.86. The molecule has 0 aromatic rings. The maximum Gasteiger partial charge on any atom is 0.328 e. The molecule has 0 aromatic heterocycles. The quantitative estimate of drug-likeness (QED) is 0.563. The minimum Gasteiger partial charge on any atom is -0.467 e. The Balaban J connectivity index is 2.17. The van der Waals surface area contributed by atoms with Crippen molar-refractivity contribution in [1.29, 1.82) is 0 Å². The van der Waals surface area contributed by atoms with Crippen LogP contribution >= 0.6 is 0 Å². The fourth-order valence-corrected chi connectivity index (χ4v) is 2.40. The number of nitrogens with zero attached hydrogens (tertiary/aromatic N) is 1. The van der Waals surface area contributed by atoms with Crippen LogP contribution in [0.1, 0.15) is 19.3 Å². The van der Waals surface area contributed by atoms with Crippen molar-refractivity contribution in [2.45, 2.75) is 37.4 Å². The summed E-state index contributed by atoms with van der Waals surface area (Å²) < 4.78 is 4.65. The standard InChI is InChI=1S/C9H14N2O3/c1-14-9(13)7-3-2-5-4-6(10)8(12)11(5)7/h5-7H,2-4,10H2,1H3/t5-,6-,7-/m0/s1. The van der Waals surface area contributed by atoms with Gasteiger partial charge in [-0.3, -0.25) is 4.79 Å². The van der Waals surface area contributed by atoms with Crippen LogP contribution in [0.15, 0.2) is 0 Å². The predicted octanol–water partition coefficient (Wildman–Crippen LogP) is -0.750. The minimum absolute atomic E-state index is 0.108. The first-order valence-corrected chi connectivity index (χ1v) is 4.80. The first kappa shape index (κ1) is 9.45. The van der Waals surface area contributed by atoms with Gasteiger partial charge >= 0.3 is 5.97 Å². The van der Waals surface area contributed by atoms with Crippen LogP contribution in [-0.4, -0.2) is 42.0 Å². The molecule has 0 unspecified atom stereocenters. The molecule has 0 radical (unpaired) electrons. The molecule has 2 heterocycles. The largest absolute Gasteiger partial charge is 0.467 e. The van der Waals surface area contributed by atoms with Gasteiger partial charge in [-0.1, -0.05) is 0 Å². The first-order valence-electron chi connectivity index (χ1n) is 4.80. The van der Waals surface area contributed by atoms with Crippen LogP contribution in [0, 0.1) is 0 Å². The molecule has 5 heteroatoms. The Morgan fingerprint density at radius 1 is 1.57 bits per heavy atom. The zero-order chi connectivity index (χ0) is 10.3. The number of amides is 1. The van der Waals surface area contributed by atoms with E-state index in [1.54, 1.807) is 4.90 Å². The Morgan fingerprint density at radius 2 is 2.29 bits per heavy atom. The summed E-state index contributed by atoms with van der Waals surface area (Å²) in [6.45, 7) is 0. The third kappa shape index (κ3) is 1.19. The van der Waals surface area contributed by atoms with Gasteiger partial charge in [-0.25, -0.2) is 4.79 Å². The van der Waals surface area contributed by atoms with E-state index in [1.807, 2.05) is 0 Å². The molecule has 2 aliphatic rings. The number of esters is 1. The monoisotopic (exact) mass is 198 g/mol. The van der Waals surface area contributed by atoms with Crippen molar-refractivity contribution in [3.8, 4) is 0 Å². The molecule has 3 atom stereocenters. The summed E-state index contributed by atoms with van der Waals surface area (Å²) in [6.07, 6.45) is 2.24. The van der Waals surface area contributed by atoms with Gasteiger partial charge in [0.25, 0.3) is 0 Å². The van der Waals surface area contributed by atoms with Crippen LogP contribution < -0.4 is 5.73 Å². The van der Waals surface area contributed by atoms with E-state index < -0.39 is 12.1 Å². The van der Waals surface area contributed by atoms with Gasteiger partial charge in [0.1, 0.15) is 6.04 Å². The summed E-state index contributed by atoms with van der Waals surface area (Å²) >= 11 is 0. The highest BCUT2D eigenvalue weighted by atomic mass is 16.5. The molecule has 2 fully saturated rings. The van der Waals surface area contributed by atoms with Crippen molar-refractivity contribution < 1.29 is 14.3 Å². The van der Waals surface area contributed by atoms with Crippen molar-refractivity contribution in [1.82, 2.24) is 4.90 Å². The zero-order valence-electron chi connectivity index (χ0n) is 8.10. The zero-order valence-corrected chi connectivity index (χ0v) is 8.10. The Hall–Kier alpha value is -1.10. The van der Waals surface area contributed by atoms with Crippen LogP contribution in [0.25, 0.3) is 0 Å². The first-order chi connectivity index (χ1) is 6.65. The molecule has 5 nitrogen and oxygen atoms in total. The van der Waals surface area contributed by atoms with Gasteiger partial charge in [0.05, 0.1) is 13.2 Å². The van der Waals surface area contributed by atoms with Crippen LogP contribution in [0.2, 0.25) is 0 Å². The lowest BCUT2D eigenvalue weighted by molar-refractivity contribution is -0.150. The number of hydrogen-bond acceptors (Lipinski definition) is 4. The van der Waals surface area contributed by atoms with Gasteiger partial charge in [-0.2, -0.15) is 0 Å². The number of carbonyl (C=O) groups is 2. The molecule has 2 saturated heterocycles. The molecular weight excluding hydrogens is 184 g/mol. The SMILES string of the molecule is COC(=O)[C@@H]1CC[C@H]2C[C@H](N)C(=O)N21. The highest BCUT2D eigenvalue weighted by molar-refractivity contribution is 5.90. The fourth-order valence-electron chi connectivity index (χ4n) is 2.40. The fraction of sp³-hybridized carbons (Fsp3) is 0.778. The highest BCUT2D eigenvalue weighted by Crippen LogP contribution is 2.33. The molecular formula is C9H14N2O3. The summed E-state index contributed by atoms with van der Waals surface area (Å²) in [7, 11) is 1.34. The number of nitrogens with two attached hydrogens (primary N) is 1. The smallest absolute Gasteiger partial charge is 0.328 e. The van der Waals surface area contributed by atoms with E-state index in [2.05, 4.69) is 4.74 Å². The van der Waals surface area contributed by atoms with Crippen LogP contribution in [0.3, 0.4) is 0 Å². The van der Waals surface area contributed by atoms with Gasteiger partial charge in [-0.05, 0) is 19.3 Å². The lowest BCUT2D eigenvalue weighted by Crippen LogP contribution is -2.43. The van der Waals surface area contributed by atoms with Crippen LogP contribution in [-0.2, 0) is 14.3 Å². The maximum absolute atomic E-state index is 11.6. The Bertz CT molecular complexity index is 279. The highest BCUT2D eigenvalue weighted by Gasteiger charge is 2.48. The molecule has 78 valence electrons. The van der Waals surface area contributed by atoms with Gasteiger partial charge in [-0.15, -0.1) is 0 Å². The Morgan fingerprint density at radius 3 is 2.93 bits per heavy atom.